The van der Waals surface area contributed by atoms with Gasteiger partial charge in [0.05, 0.1) is 17.0 Å². The quantitative estimate of drug-likeness (QED) is 0.167. The number of aliphatic hydroxyl groups excluding tert-OH is 1. The second-order valence-electron chi connectivity index (χ2n) is 8.85. The lowest BCUT2D eigenvalue weighted by atomic mass is 10.0. The highest BCUT2D eigenvalue weighted by molar-refractivity contribution is 14.1. The van der Waals surface area contributed by atoms with Gasteiger partial charge in [-0.3, -0.25) is 4.79 Å². The van der Waals surface area contributed by atoms with Gasteiger partial charge >= 0.3 is 6.01 Å². The summed E-state index contributed by atoms with van der Waals surface area (Å²) in [6, 6.07) is 16.8. The normalized spacial score (nSPS) is 13.0. The maximum absolute atomic E-state index is 13.8. The fourth-order valence-corrected chi connectivity index (χ4v) is 5.42. The summed E-state index contributed by atoms with van der Waals surface area (Å²) < 4.78 is 61.0. The highest BCUT2D eigenvalue weighted by Crippen LogP contribution is 2.17. The van der Waals surface area contributed by atoms with E-state index in [1.807, 2.05) is 24.3 Å². The first-order valence-electron chi connectivity index (χ1n) is 12.0. The summed E-state index contributed by atoms with van der Waals surface area (Å²) in [7, 11) is -4.00. The first kappa shape index (κ1) is 29.6. The molecule has 0 aliphatic rings. The fraction of sp³-hybridized carbons (Fsp3) is 0.185. The SMILES string of the molecule is O=C(N[C@@H](Cc1cc(F)cc(F)c1)[C@@H](O)CNCc1cccc(I)c1)c1coc(NS(=O)(=O)c2ccccc2)n1. The zero-order valence-corrected chi connectivity index (χ0v) is 23.8. The van der Waals surface area contributed by atoms with Gasteiger partial charge in [-0.2, -0.15) is 4.98 Å². The number of aromatic nitrogens is 1. The van der Waals surface area contributed by atoms with Crippen LogP contribution >= 0.6 is 22.6 Å². The van der Waals surface area contributed by atoms with Crippen LogP contribution in [0.5, 0.6) is 0 Å². The summed E-state index contributed by atoms with van der Waals surface area (Å²) in [4.78, 5) is 16.8. The number of hydrogen-bond acceptors (Lipinski definition) is 7. The summed E-state index contributed by atoms with van der Waals surface area (Å²) in [5.41, 5.74) is 0.941. The molecular weight excluding hydrogens is 657 g/mol. The number of amides is 1. The zero-order valence-electron chi connectivity index (χ0n) is 20.9. The minimum Gasteiger partial charge on any atom is -0.431 e. The number of hydrogen-bond donors (Lipinski definition) is 4. The Bertz CT molecular complexity index is 1550. The van der Waals surface area contributed by atoms with E-state index in [-0.39, 0.29) is 29.1 Å². The van der Waals surface area contributed by atoms with Crippen LogP contribution in [0.2, 0.25) is 0 Å². The van der Waals surface area contributed by atoms with E-state index in [4.69, 9.17) is 4.42 Å². The van der Waals surface area contributed by atoms with Gasteiger partial charge in [0, 0.05) is 22.7 Å². The predicted molar refractivity (Wildman–Crippen MR) is 152 cm³/mol. The molecule has 13 heteroatoms. The molecule has 210 valence electrons. The van der Waals surface area contributed by atoms with E-state index >= 15 is 0 Å². The maximum atomic E-state index is 13.8. The minimum absolute atomic E-state index is 0.0255. The second kappa shape index (κ2) is 13.3. The number of nitrogens with zero attached hydrogens (tertiary/aromatic N) is 1. The van der Waals surface area contributed by atoms with Crippen molar-refractivity contribution in [1.29, 1.82) is 0 Å². The van der Waals surface area contributed by atoms with Crippen LogP contribution in [0.3, 0.4) is 0 Å². The molecule has 0 aliphatic heterocycles. The van der Waals surface area contributed by atoms with Crippen molar-refractivity contribution in [1.82, 2.24) is 15.6 Å². The van der Waals surface area contributed by atoms with Gasteiger partial charge in [0.25, 0.3) is 15.9 Å². The highest BCUT2D eigenvalue weighted by atomic mass is 127. The molecule has 0 radical (unpaired) electrons. The Morgan fingerprint density at radius 1 is 1.00 bits per heavy atom. The Morgan fingerprint density at radius 3 is 2.42 bits per heavy atom. The van der Waals surface area contributed by atoms with E-state index in [9.17, 15) is 27.1 Å². The fourth-order valence-electron chi connectivity index (χ4n) is 3.86. The molecular formula is C27H25F2IN4O5S. The molecule has 0 saturated heterocycles. The Morgan fingerprint density at radius 2 is 1.73 bits per heavy atom. The van der Waals surface area contributed by atoms with Gasteiger partial charge in [0.2, 0.25) is 0 Å². The lowest BCUT2D eigenvalue weighted by Crippen LogP contribution is -2.48. The largest absolute Gasteiger partial charge is 0.431 e. The van der Waals surface area contributed by atoms with Gasteiger partial charge in [-0.05, 0) is 76.5 Å². The van der Waals surface area contributed by atoms with Crippen molar-refractivity contribution in [3.8, 4) is 0 Å². The third-order valence-electron chi connectivity index (χ3n) is 5.74. The standard InChI is InChI=1S/C27H25F2IN4O5S/c28-19-9-18(10-20(29)13-19)12-23(25(35)15-31-14-17-5-4-6-21(30)11-17)32-26(36)24-16-39-27(33-24)34-40(37,38)22-7-2-1-3-8-22/h1-11,13,16,23,25,31,35H,12,14-15H2,(H,32,36)(H,33,34)/t23-,25-/m0/s1. The van der Waals surface area contributed by atoms with Crippen molar-refractivity contribution in [2.75, 3.05) is 11.3 Å². The second-order valence-corrected chi connectivity index (χ2v) is 11.8. The highest BCUT2D eigenvalue weighted by Gasteiger charge is 2.25. The smallest absolute Gasteiger partial charge is 0.309 e. The molecule has 4 N–H and O–H groups in total. The number of anilines is 1. The van der Waals surface area contributed by atoms with Gasteiger partial charge in [-0.15, -0.1) is 0 Å². The monoisotopic (exact) mass is 682 g/mol. The number of carbonyl (C=O) groups is 1. The summed E-state index contributed by atoms with van der Waals surface area (Å²) in [6.45, 7) is 0.493. The van der Waals surface area contributed by atoms with E-state index < -0.39 is 45.7 Å². The molecule has 1 aromatic heterocycles. The van der Waals surface area contributed by atoms with Crippen molar-refractivity contribution in [2.45, 2.75) is 30.0 Å². The minimum atomic E-state index is -4.00. The van der Waals surface area contributed by atoms with E-state index in [1.165, 1.54) is 12.1 Å². The van der Waals surface area contributed by atoms with Crippen LogP contribution in [0.4, 0.5) is 14.8 Å². The van der Waals surface area contributed by atoms with Gasteiger partial charge < -0.3 is 20.2 Å². The lowest BCUT2D eigenvalue weighted by Gasteiger charge is -2.24. The van der Waals surface area contributed by atoms with Gasteiger partial charge in [-0.25, -0.2) is 21.9 Å². The molecule has 1 heterocycles. The van der Waals surface area contributed by atoms with Gasteiger partial charge in [0.1, 0.15) is 17.9 Å². The number of carbonyl (C=O) groups excluding carboxylic acids is 1. The molecule has 40 heavy (non-hydrogen) atoms. The molecule has 0 saturated carbocycles. The predicted octanol–water partition coefficient (Wildman–Crippen LogP) is 3.85. The molecule has 3 aromatic carbocycles. The van der Waals surface area contributed by atoms with Crippen LogP contribution in [0.1, 0.15) is 21.6 Å². The molecule has 9 nitrogen and oxygen atoms in total. The van der Waals surface area contributed by atoms with Gasteiger partial charge in [-0.1, -0.05) is 30.3 Å². The number of halogens is 3. The summed E-state index contributed by atoms with van der Waals surface area (Å²) in [5.74, 6) is -2.37. The Kier molecular flexibility index (Phi) is 9.84. The Balaban J connectivity index is 1.45. The third kappa shape index (κ3) is 8.30. The molecule has 0 spiro atoms. The molecule has 0 bridgehead atoms. The molecule has 1 amide bonds. The van der Waals surface area contributed by atoms with Crippen LogP contribution in [-0.2, 0) is 23.0 Å². The van der Waals surface area contributed by atoms with E-state index in [1.54, 1.807) is 18.2 Å². The van der Waals surface area contributed by atoms with Crippen molar-refractivity contribution in [2.24, 2.45) is 0 Å². The molecule has 0 unspecified atom stereocenters. The zero-order chi connectivity index (χ0) is 28.7. The first-order chi connectivity index (χ1) is 19.1. The van der Waals surface area contributed by atoms with Crippen LogP contribution < -0.4 is 15.4 Å². The van der Waals surface area contributed by atoms with Crippen molar-refractivity contribution in [3.05, 3.63) is 111 Å². The topological polar surface area (TPSA) is 134 Å². The number of nitrogens with one attached hydrogen (secondary N) is 3. The van der Waals surface area contributed by atoms with Crippen molar-refractivity contribution >= 4 is 44.5 Å². The van der Waals surface area contributed by atoms with E-state index in [0.29, 0.717) is 6.54 Å². The summed E-state index contributed by atoms with van der Waals surface area (Å²) in [5, 5.41) is 16.6. The Labute approximate surface area is 243 Å². The Hall–Kier alpha value is -3.40. The average Bonchev–Trinajstić information content (AvgIpc) is 3.36. The van der Waals surface area contributed by atoms with Crippen LogP contribution in [-0.4, -0.2) is 43.1 Å². The average molecular weight is 682 g/mol. The molecule has 4 rings (SSSR count). The molecule has 2 atom stereocenters. The number of sulfonamides is 1. The number of rotatable bonds is 12. The first-order valence-corrected chi connectivity index (χ1v) is 14.6. The number of benzene rings is 3. The van der Waals surface area contributed by atoms with Crippen LogP contribution in [0.15, 0.2) is 88.4 Å². The lowest BCUT2D eigenvalue weighted by molar-refractivity contribution is 0.0825. The number of aliphatic hydroxyl groups is 1. The van der Waals surface area contributed by atoms with Crippen LogP contribution in [0.25, 0.3) is 0 Å². The summed E-state index contributed by atoms with van der Waals surface area (Å²) in [6.07, 6.45) is -0.308. The van der Waals surface area contributed by atoms with Gasteiger partial charge in [0.15, 0.2) is 5.69 Å². The van der Waals surface area contributed by atoms with E-state index in [0.717, 1.165) is 33.6 Å². The maximum Gasteiger partial charge on any atom is 0.309 e. The molecule has 0 fully saturated rings. The van der Waals surface area contributed by atoms with Crippen molar-refractivity contribution < 1.29 is 31.5 Å². The third-order valence-corrected chi connectivity index (χ3v) is 7.75. The van der Waals surface area contributed by atoms with Crippen LogP contribution in [0, 0.1) is 15.2 Å². The van der Waals surface area contributed by atoms with Crippen molar-refractivity contribution in [3.63, 3.8) is 0 Å². The van der Waals surface area contributed by atoms with E-state index in [2.05, 4.69) is 42.9 Å². The number of oxazole rings is 1. The summed E-state index contributed by atoms with van der Waals surface area (Å²) >= 11 is 2.19. The molecule has 4 aromatic rings. The molecule has 0 aliphatic carbocycles.